The van der Waals surface area contributed by atoms with Gasteiger partial charge in [-0.2, -0.15) is 0 Å². The summed E-state index contributed by atoms with van der Waals surface area (Å²) in [6, 6.07) is 27.8. The Morgan fingerprint density at radius 3 is 1.83 bits per heavy atom. The molecular formula is C36H47NO4. The van der Waals surface area contributed by atoms with Crippen molar-refractivity contribution in [2.24, 2.45) is 5.92 Å². The van der Waals surface area contributed by atoms with Crippen molar-refractivity contribution in [2.75, 3.05) is 19.6 Å². The summed E-state index contributed by atoms with van der Waals surface area (Å²) in [5, 5.41) is 23.0. The van der Waals surface area contributed by atoms with Gasteiger partial charge in [0.15, 0.2) is 0 Å². The summed E-state index contributed by atoms with van der Waals surface area (Å²) in [4.78, 5) is 15.2. The average molecular weight is 558 g/mol. The van der Waals surface area contributed by atoms with Crippen LogP contribution in [0.15, 0.2) is 84.9 Å². The van der Waals surface area contributed by atoms with Gasteiger partial charge in [-0.1, -0.05) is 84.9 Å². The van der Waals surface area contributed by atoms with Crippen LogP contribution in [0, 0.1) is 5.92 Å². The van der Waals surface area contributed by atoms with Crippen LogP contribution in [0.3, 0.4) is 0 Å². The lowest BCUT2D eigenvalue weighted by molar-refractivity contribution is -0.160. The number of nitrogens with zero attached hydrogens (tertiary/aromatic N) is 1. The first-order valence-corrected chi connectivity index (χ1v) is 15.0. The zero-order chi connectivity index (χ0) is 29.7. The molecule has 1 aliphatic rings. The number of hydrogen-bond donors (Lipinski definition) is 2. The minimum absolute atomic E-state index is 0.137. The molecule has 5 nitrogen and oxygen atoms in total. The molecule has 5 heteroatoms. The van der Waals surface area contributed by atoms with E-state index in [-0.39, 0.29) is 11.9 Å². The van der Waals surface area contributed by atoms with Crippen LogP contribution in [0.4, 0.5) is 0 Å². The average Bonchev–Trinajstić information content (AvgIpc) is 2.97. The number of carbonyl (C=O) groups excluding carboxylic acids is 1. The second-order valence-electron chi connectivity index (χ2n) is 13.0. The molecule has 0 radical (unpaired) electrons. The number of benzene rings is 3. The lowest BCUT2D eigenvalue weighted by atomic mass is 9.72. The predicted octanol–water partition coefficient (Wildman–Crippen LogP) is 6.77. The first-order chi connectivity index (χ1) is 19.4. The number of carbonyl (C=O) groups is 1. The fourth-order valence-electron chi connectivity index (χ4n) is 5.92. The van der Waals surface area contributed by atoms with E-state index < -0.39 is 22.7 Å². The Morgan fingerprint density at radius 1 is 0.829 bits per heavy atom. The van der Waals surface area contributed by atoms with Crippen molar-refractivity contribution in [1.29, 1.82) is 0 Å². The second kappa shape index (κ2) is 12.9. The molecule has 3 aromatic carbocycles. The molecule has 1 fully saturated rings. The summed E-state index contributed by atoms with van der Waals surface area (Å²) in [7, 11) is 0. The third-order valence-corrected chi connectivity index (χ3v) is 8.48. The van der Waals surface area contributed by atoms with Crippen LogP contribution < -0.4 is 0 Å². The van der Waals surface area contributed by atoms with Crippen LogP contribution in [0.5, 0.6) is 0 Å². The molecule has 0 saturated carbocycles. The van der Waals surface area contributed by atoms with Gasteiger partial charge in [-0.15, -0.1) is 0 Å². The molecule has 3 aromatic rings. The maximum absolute atomic E-state index is 12.7. The summed E-state index contributed by atoms with van der Waals surface area (Å²) < 4.78 is 5.61. The largest absolute Gasteiger partial charge is 0.459 e. The molecule has 4 rings (SSSR count). The van der Waals surface area contributed by atoms with Crippen molar-refractivity contribution in [2.45, 2.75) is 83.0 Å². The van der Waals surface area contributed by atoms with E-state index in [1.807, 2.05) is 120 Å². The Bertz CT molecular complexity index is 1200. The molecule has 1 saturated heterocycles. The van der Waals surface area contributed by atoms with Crippen LogP contribution >= 0.6 is 0 Å². The third kappa shape index (κ3) is 7.45. The van der Waals surface area contributed by atoms with Crippen molar-refractivity contribution in [3.05, 3.63) is 107 Å². The van der Waals surface area contributed by atoms with Gasteiger partial charge in [0.25, 0.3) is 0 Å². The summed E-state index contributed by atoms with van der Waals surface area (Å²) in [6.45, 7) is 12.1. The highest BCUT2D eigenvalue weighted by atomic mass is 16.6. The first-order valence-electron chi connectivity index (χ1n) is 15.0. The second-order valence-corrected chi connectivity index (χ2v) is 13.0. The van der Waals surface area contributed by atoms with Gasteiger partial charge < -0.3 is 19.8 Å². The number of rotatable bonds is 10. The van der Waals surface area contributed by atoms with E-state index in [0.29, 0.717) is 6.42 Å². The standard InChI is InChI=1S/C36H47NO4/c1-34(2,3)41-33(39)35(4,5)28-20-18-27(19-21-28)32(38)17-12-24-37-25-22-31(23-26-37)36(40,29-13-8-6-9-14-29)30-15-10-7-11-16-30/h6-11,13-16,18-21,31-32,38,40H,12,17,22-26H2,1-5H3. The molecule has 0 aliphatic carbocycles. The van der Waals surface area contributed by atoms with Crippen LogP contribution in [-0.2, 0) is 20.5 Å². The zero-order valence-corrected chi connectivity index (χ0v) is 25.3. The fourth-order valence-corrected chi connectivity index (χ4v) is 5.92. The van der Waals surface area contributed by atoms with Gasteiger partial charge in [0.1, 0.15) is 11.2 Å². The Labute approximate surface area is 246 Å². The number of aliphatic hydroxyl groups excluding tert-OH is 1. The summed E-state index contributed by atoms with van der Waals surface area (Å²) in [5.74, 6) is -0.120. The third-order valence-electron chi connectivity index (χ3n) is 8.48. The Kier molecular flexibility index (Phi) is 9.73. The first kappa shape index (κ1) is 31.0. The molecule has 1 heterocycles. The highest BCUT2D eigenvalue weighted by Gasteiger charge is 2.41. The van der Waals surface area contributed by atoms with Gasteiger partial charge in [0.2, 0.25) is 0 Å². The van der Waals surface area contributed by atoms with Crippen molar-refractivity contribution in [3.63, 3.8) is 0 Å². The van der Waals surface area contributed by atoms with E-state index in [1.54, 1.807) is 0 Å². The normalized spacial score (nSPS) is 16.4. The Hall–Kier alpha value is -2.99. The van der Waals surface area contributed by atoms with Gasteiger partial charge in [0, 0.05) is 0 Å². The van der Waals surface area contributed by atoms with Gasteiger partial charge in [0.05, 0.1) is 11.5 Å². The Morgan fingerprint density at radius 2 is 1.34 bits per heavy atom. The van der Waals surface area contributed by atoms with E-state index >= 15 is 0 Å². The summed E-state index contributed by atoms with van der Waals surface area (Å²) in [5.41, 5.74) is 1.33. The van der Waals surface area contributed by atoms with Crippen LogP contribution in [0.1, 0.15) is 88.7 Å². The highest BCUT2D eigenvalue weighted by molar-refractivity contribution is 5.82. The van der Waals surface area contributed by atoms with Crippen LogP contribution in [0.2, 0.25) is 0 Å². The monoisotopic (exact) mass is 557 g/mol. The smallest absolute Gasteiger partial charge is 0.316 e. The number of hydrogen-bond acceptors (Lipinski definition) is 5. The minimum atomic E-state index is -1.00. The summed E-state index contributed by atoms with van der Waals surface area (Å²) >= 11 is 0. The zero-order valence-electron chi connectivity index (χ0n) is 25.3. The molecule has 220 valence electrons. The molecule has 0 amide bonds. The molecule has 0 aromatic heterocycles. The maximum atomic E-state index is 12.7. The van der Waals surface area contributed by atoms with E-state index in [9.17, 15) is 15.0 Å². The summed E-state index contributed by atoms with van der Waals surface area (Å²) in [6.07, 6.45) is 2.84. The topological polar surface area (TPSA) is 70.0 Å². The van der Waals surface area contributed by atoms with E-state index in [1.165, 1.54) is 0 Å². The molecule has 41 heavy (non-hydrogen) atoms. The molecule has 0 bridgehead atoms. The van der Waals surface area contributed by atoms with Gasteiger partial charge >= 0.3 is 5.97 Å². The molecule has 1 unspecified atom stereocenters. The molecule has 1 atom stereocenters. The lowest BCUT2D eigenvalue weighted by Crippen LogP contribution is -2.44. The minimum Gasteiger partial charge on any atom is -0.459 e. The number of piperidine rings is 1. The van der Waals surface area contributed by atoms with E-state index in [0.717, 1.165) is 61.2 Å². The number of likely N-dealkylation sites (tertiary alicyclic amines) is 1. The van der Waals surface area contributed by atoms with E-state index in [2.05, 4.69) is 4.90 Å². The van der Waals surface area contributed by atoms with Gasteiger partial charge in [-0.25, -0.2) is 0 Å². The van der Waals surface area contributed by atoms with Crippen LogP contribution in [-0.4, -0.2) is 46.3 Å². The number of esters is 1. The van der Waals surface area contributed by atoms with Crippen molar-refractivity contribution in [3.8, 4) is 0 Å². The van der Waals surface area contributed by atoms with Crippen LogP contribution in [0.25, 0.3) is 0 Å². The SMILES string of the molecule is CC(C)(C)OC(=O)C(C)(C)c1ccc(C(O)CCCN2CCC(C(O)(c3ccccc3)c3ccccc3)CC2)cc1. The Balaban J connectivity index is 1.29. The molecule has 1 aliphatic heterocycles. The molecule has 0 spiro atoms. The fraction of sp³-hybridized carbons (Fsp3) is 0.472. The molecule has 2 N–H and O–H groups in total. The lowest BCUT2D eigenvalue weighted by Gasteiger charge is -2.42. The van der Waals surface area contributed by atoms with Gasteiger partial charge in [-0.3, -0.25) is 4.79 Å². The van der Waals surface area contributed by atoms with Crippen molar-refractivity contribution in [1.82, 2.24) is 4.90 Å². The quantitative estimate of drug-likeness (QED) is 0.269. The van der Waals surface area contributed by atoms with E-state index in [4.69, 9.17) is 4.74 Å². The maximum Gasteiger partial charge on any atom is 0.316 e. The molecular weight excluding hydrogens is 510 g/mol. The number of aliphatic hydroxyl groups is 2. The number of ether oxygens (including phenoxy) is 1. The van der Waals surface area contributed by atoms with Crippen molar-refractivity contribution < 1.29 is 19.7 Å². The van der Waals surface area contributed by atoms with Crippen molar-refractivity contribution >= 4 is 5.97 Å². The van der Waals surface area contributed by atoms with Gasteiger partial charge in [-0.05, 0) is 108 Å². The highest BCUT2D eigenvalue weighted by Crippen LogP contribution is 2.42. The predicted molar refractivity (Wildman–Crippen MR) is 165 cm³/mol.